The van der Waals surface area contributed by atoms with Crippen molar-refractivity contribution in [3.63, 3.8) is 0 Å². The third kappa shape index (κ3) is 3.42. The Morgan fingerprint density at radius 3 is 3.05 bits per heavy atom. The lowest BCUT2D eigenvalue weighted by Gasteiger charge is -2.13. The Hall–Kier alpha value is -1.66. The first-order valence-electron chi connectivity index (χ1n) is 6.08. The van der Waals surface area contributed by atoms with Gasteiger partial charge in [0, 0.05) is 24.5 Å². The monoisotopic (exact) mass is 279 g/mol. The summed E-state index contributed by atoms with van der Waals surface area (Å²) in [6, 6.07) is 4.43. The lowest BCUT2D eigenvalue weighted by Crippen LogP contribution is -2.29. The topological polar surface area (TPSA) is 67.2 Å². The molecular weight excluding hydrogens is 262 g/mol. The highest BCUT2D eigenvalue weighted by atomic mass is 32.1. The van der Waals surface area contributed by atoms with Crippen LogP contribution in [0.15, 0.2) is 23.7 Å². The molecule has 0 aliphatic heterocycles. The molecule has 2 aromatic heterocycles. The first-order valence-corrected chi connectivity index (χ1v) is 6.96. The van der Waals surface area contributed by atoms with E-state index in [1.54, 1.807) is 23.1 Å². The van der Waals surface area contributed by atoms with E-state index in [-0.39, 0.29) is 11.6 Å². The number of nitrogens with one attached hydrogen (secondary N) is 1. The molecule has 0 bridgehead atoms. The maximum atomic E-state index is 11.1. The van der Waals surface area contributed by atoms with Gasteiger partial charge in [-0.15, -0.1) is 11.3 Å². The van der Waals surface area contributed by atoms with Gasteiger partial charge >= 0.3 is 5.97 Å². The van der Waals surface area contributed by atoms with Gasteiger partial charge in [0.05, 0.1) is 11.9 Å². The molecule has 2 aromatic rings. The van der Waals surface area contributed by atoms with Gasteiger partial charge < -0.3 is 10.4 Å². The van der Waals surface area contributed by atoms with E-state index in [1.807, 2.05) is 6.07 Å². The van der Waals surface area contributed by atoms with Gasteiger partial charge in [0.2, 0.25) is 0 Å². The molecule has 2 rings (SSSR count). The van der Waals surface area contributed by atoms with Crippen molar-refractivity contribution < 1.29 is 9.90 Å². The summed E-state index contributed by atoms with van der Waals surface area (Å²) in [4.78, 5) is 12.4. The SMILES string of the molecule is CC(Cc1cccs1)NCc1c(C(=O)O)cnn1C. The molecule has 5 nitrogen and oxygen atoms in total. The fourth-order valence-corrected chi connectivity index (χ4v) is 2.76. The Balaban J connectivity index is 1.95. The van der Waals surface area contributed by atoms with Crippen LogP contribution in [0.1, 0.15) is 27.9 Å². The molecule has 2 N–H and O–H groups in total. The zero-order chi connectivity index (χ0) is 13.8. The summed E-state index contributed by atoms with van der Waals surface area (Å²) in [6.07, 6.45) is 2.33. The number of aromatic nitrogens is 2. The van der Waals surface area contributed by atoms with Gasteiger partial charge in [-0.25, -0.2) is 4.79 Å². The lowest BCUT2D eigenvalue weighted by atomic mass is 10.2. The Labute approximate surface area is 115 Å². The van der Waals surface area contributed by atoms with E-state index < -0.39 is 5.97 Å². The molecule has 0 aliphatic rings. The number of carboxylic acids is 1. The van der Waals surface area contributed by atoms with E-state index in [0.29, 0.717) is 12.2 Å². The van der Waals surface area contributed by atoms with Crippen molar-refractivity contribution in [1.29, 1.82) is 0 Å². The van der Waals surface area contributed by atoms with E-state index in [2.05, 4.69) is 28.8 Å². The van der Waals surface area contributed by atoms with E-state index in [1.165, 1.54) is 11.1 Å². The molecule has 1 unspecified atom stereocenters. The van der Waals surface area contributed by atoms with E-state index in [9.17, 15) is 4.79 Å². The smallest absolute Gasteiger partial charge is 0.339 e. The van der Waals surface area contributed by atoms with E-state index >= 15 is 0 Å². The summed E-state index contributed by atoms with van der Waals surface area (Å²) in [7, 11) is 1.76. The number of carboxylic acid groups (broad SMARTS) is 1. The number of carbonyl (C=O) groups is 1. The second kappa shape index (κ2) is 5.99. The Morgan fingerprint density at radius 1 is 1.63 bits per heavy atom. The Kier molecular flexibility index (Phi) is 4.34. The number of hydrogen-bond acceptors (Lipinski definition) is 4. The van der Waals surface area contributed by atoms with Crippen molar-refractivity contribution in [2.24, 2.45) is 7.05 Å². The third-order valence-corrected chi connectivity index (χ3v) is 3.90. The summed E-state index contributed by atoms with van der Waals surface area (Å²) in [5.41, 5.74) is 0.962. The van der Waals surface area contributed by atoms with Crippen LogP contribution in [-0.2, 0) is 20.0 Å². The predicted octanol–water partition coefficient (Wildman–Crippen LogP) is 1.90. The van der Waals surface area contributed by atoms with Crippen molar-refractivity contribution in [2.75, 3.05) is 0 Å². The molecule has 0 radical (unpaired) electrons. The highest BCUT2D eigenvalue weighted by molar-refractivity contribution is 7.09. The normalized spacial score (nSPS) is 12.5. The molecule has 0 aromatic carbocycles. The summed E-state index contributed by atoms with van der Waals surface area (Å²) >= 11 is 1.73. The van der Waals surface area contributed by atoms with Crippen LogP contribution >= 0.6 is 11.3 Å². The summed E-state index contributed by atoms with van der Waals surface area (Å²) in [5, 5.41) is 18.5. The van der Waals surface area contributed by atoms with Gasteiger partial charge in [0.15, 0.2) is 0 Å². The minimum absolute atomic E-state index is 0.262. The third-order valence-electron chi connectivity index (χ3n) is 3.00. The van der Waals surface area contributed by atoms with Gasteiger partial charge in [-0.3, -0.25) is 4.68 Å². The highest BCUT2D eigenvalue weighted by Gasteiger charge is 2.15. The number of thiophene rings is 1. The largest absolute Gasteiger partial charge is 0.478 e. The van der Waals surface area contributed by atoms with Gasteiger partial charge in [-0.05, 0) is 24.8 Å². The molecule has 6 heteroatoms. The van der Waals surface area contributed by atoms with Crippen molar-refractivity contribution in [1.82, 2.24) is 15.1 Å². The maximum Gasteiger partial charge on any atom is 0.339 e. The van der Waals surface area contributed by atoms with Crippen molar-refractivity contribution in [3.05, 3.63) is 39.8 Å². The fraction of sp³-hybridized carbons (Fsp3) is 0.385. The predicted molar refractivity (Wildman–Crippen MR) is 74.5 cm³/mol. The van der Waals surface area contributed by atoms with Gasteiger partial charge in [-0.2, -0.15) is 5.10 Å². The number of nitrogens with zero attached hydrogens (tertiary/aromatic N) is 2. The van der Waals surface area contributed by atoms with Crippen LogP contribution in [0.4, 0.5) is 0 Å². The molecule has 1 atom stereocenters. The summed E-state index contributed by atoms with van der Waals surface area (Å²) in [5.74, 6) is -0.934. The van der Waals surface area contributed by atoms with Gasteiger partial charge in [-0.1, -0.05) is 6.07 Å². The van der Waals surface area contributed by atoms with E-state index in [0.717, 1.165) is 6.42 Å². The number of aromatic carboxylic acids is 1. The Bertz CT molecular complexity index is 548. The second-order valence-electron chi connectivity index (χ2n) is 4.50. The molecule has 102 valence electrons. The molecule has 0 fully saturated rings. The number of hydrogen-bond donors (Lipinski definition) is 2. The first kappa shape index (κ1) is 13.8. The van der Waals surface area contributed by atoms with Crippen LogP contribution in [0.25, 0.3) is 0 Å². The van der Waals surface area contributed by atoms with Gasteiger partial charge in [0.1, 0.15) is 5.56 Å². The molecule has 0 aliphatic carbocycles. The summed E-state index contributed by atoms with van der Waals surface area (Å²) < 4.78 is 1.61. The molecule has 0 saturated carbocycles. The minimum Gasteiger partial charge on any atom is -0.478 e. The minimum atomic E-state index is -0.934. The highest BCUT2D eigenvalue weighted by Crippen LogP contribution is 2.12. The van der Waals surface area contributed by atoms with Crippen LogP contribution in [-0.4, -0.2) is 26.9 Å². The zero-order valence-electron chi connectivity index (χ0n) is 11.0. The Morgan fingerprint density at radius 2 is 2.42 bits per heavy atom. The molecular formula is C13H17N3O2S. The fourth-order valence-electron chi connectivity index (χ4n) is 1.92. The van der Waals surface area contributed by atoms with Crippen molar-refractivity contribution in [2.45, 2.75) is 25.9 Å². The van der Waals surface area contributed by atoms with Gasteiger partial charge in [0.25, 0.3) is 0 Å². The summed E-state index contributed by atoms with van der Waals surface area (Å²) in [6.45, 7) is 2.60. The van der Waals surface area contributed by atoms with E-state index in [4.69, 9.17) is 5.11 Å². The first-order chi connectivity index (χ1) is 9.08. The zero-order valence-corrected chi connectivity index (χ0v) is 11.8. The number of aryl methyl sites for hydroxylation is 1. The average molecular weight is 279 g/mol. The van der Waals surface area contributed by atoms with Crippen molar-refractivity contribution >= 4 is 17.3 Å². The van der Waals surface area contributed by atoms with Crippen LogP contribution < -0.4 is 5.32 Å². The number of rotatable bonds is 6. The molecule has 2 heterocycles. The average Bonchev–Trinajstić information content (AvgIpc) is 2.96. The molecule has 0 saturated heterocycles. The molecule has 0 amide bonds. The van der Waals surface area contributed by atoms with Crippen LogP contribution in [0.2, 0.25) is 0 Å². The van der Waals surface area contributed by atoms with Crippen molar-refractivity contribution in [3.8, 4) is 0 Å². The lowest BCUT2D eigenvalue weighted by molar-refractivity contribution is 0.0695. The van der Waals surface area contributed by atoms with Crippen LogP contribution in [0.5, 0.6) is 0 Å². The maximum absolute atomic E-state index is 11.1. The quantitative estimate of drug-likeness (QED) is 0.847. The standard InChI is InChI=1S/C13H17N3O2S/c1-9(6-10-4-3-5-19-10)14-8-12-11(13(17)18)7-15-16(12)2/h3-5,7,9,14H,6,8H2,1-2H3,(H,17,18). The van der Waals surface area contributed by atoms with Crippen LogP contribution in [0, 0.1) is 0 Å². The molecule has 0 spiro atoms. The second-order valence-corrected chi connectivity index (χ2v) is 5.53. The van der Waals surface area contributed by atoms with Crippen LogP contribution in [0.3, 0.4) is 0 Å². The molecule has 19 heavy (non-hydrogen) atoms.